The molecule has 0 unspecified atom stereocenters. The van der Waals surface area contributed by atoms with Crippen LogP contribution in [0.5, 0.6) is 11.5 Å². The maximum atomic E-state index is 12.7. The van der Waals surface area contributed by atoms with E-state index < -0.39 is 16.1 Å². The average molecular weight is 354 g/mol. The van der Waals surface area contributed by atoms with Gasteiger partial charge in [0.1, 0.15) is 10.6 Å². The first kappa shape index (κ1) is 18.3. The van der Waals surface area contributed by atoms with Crippen LogP contribution in [0.2, 0.25) is 0 Å². The van der Waals surface area contributed by atoms with E-state index in [0.717, 1.165) is 5.56 Å². The summed E-state index contributed by atoms with van der Waals surface area (Å²) in [7, 11) is -0.662. The van der Waals surface area contributed by atoms with Gasteiger partial charge in [-0.25, -0.2) is 13.1 Å². The number of aryl methyl sites for hydroxylation is 2. The molecule has 0 radical (unpaired) electrons. The van der Waals surface area contributed by atoms with Crippen molar-refractivity contribution in [1.82, 2.24) is 9.88 Å². The summed E-state index contributed by atoms with van der Waals surface area (Å²) in [6.07, 6.45) is 0.568. The molecule has 7 nitrogen and oxygen atoms in total. The fourth-order valence-corrected chi connectivity index (χ4v) is 4.20. The number of hydrogen-bond donors (Lipinski definition) is 1. The monoisotopic (exact) mass is 354 g/mol. The van der Waals surface area contributed by atoms with Crippen molar-refractivity contribution in [3.63, 3.8) is 0 Å². The molecule has 1 heterocycles. The Bertz CT molecular complexity index is 794. The lowest BCUT2D eigenvalue weighted by molar-refractivity contribution is 0.354. The Hall–Kier alpha value is -2.06. The molecule has 0 bridgehead atoms. The smallest absolute Gasteiger partial charge is 0.246 e. The third kappa shape index (κ3) is 3.54. The van der Waals surface area contributed by atoms with Crippen molar-refractivity contribution in [3.05, 3.63) is 35.2 Å². The van der Waals surface area contributed by atoms with Gasteiger partial charge in [0.25, 0.3) is 0 Å². The summed E-state index contributed by atoms with van der Waals surface area (Å²) < 4.78 is 43.5. The number of methoxy groups -OCH3 is 2. The lowest BCUT2D eigenvalue weighted by Crippen LogP contribution is -2.29. The molecule has 2 aromatic rings. The van der Waals surface area contributed by atoms with Gasteiger partial charge in [0.2, 0.25) is 10.0 Å². The zero-order chi connectivity index (χ0) is 17.9. The maximum absolute atomic E-state index is 12.7. The average Bonchev–Trinajstić information content (AvgIpc) is 2.91. The summed E-state index contributed by atoms with van der Waals surface area (Å²) in [6.45, 7) is 5.07. The van der Waals surface area contributed by atoms with Crippen molar-refractivity contribution in [3.8, 4) is 11.5 Å². The minimum absolute atomic E-state index is 0.0847. The van der Waals surface area contributed by atoms with E-state index in [-0.39, 0.29) is 10.7 Å². The van der Waals surface area contributed by atoms with Crippen LogP contribution in [0.25, 0.3) is 0 Å². The van der Waals surface area contributed by atoms with Gasteiger partial charge < -0.3 is 14.0 Å². The number of nitrogens with one attached hydrogen (secondary N) is 1. The molecule has 24 heavy (non-hydrogen) atoms. The fraction of sp³-hybridized carbons (Fsp3) is 0.438. The van der Waals surface area contributed by atoms with E-state index in [1.165, 1.54) is 7.11 Å². The second-order valence-corrected chi connectivity index (χ2v) is 7.00. The van der Waals surface area contributed by atoms with Gasteiger partial charge in [-0.05, 0) is 38.0 Å². The van der Waals surface area contributed by atoms with E-state index in [4.69, 9.17) is 14.0 Å². The Kier molecular flexibility index (Phi) is 5.51. The third-order valence-electron chi connectivity index (χ3n) is 3.75. The van der Waals surface area contributed by atoms with Crippen LogP contribution in [-0.2, 0) is 10.0 Å². The number of ether oxygens (including phenoxy) is 2. The number of nitrogens with zero attached hydrogens (tertiary/aromatic N) is 1. The number of hydrogen-bond acceptors (Lipinski definition) is 6. The molecule has 1 N–H and O–H groups in total. The van der Waals surface area contributed by atoms with Crippen molar-refractivity contribution in [2.75, 3.05) is 14.2 Å². The van der Waals surface area contributed by atoms with Gasteiger partial charge in [-0.2, -0.15) is 0 Å². The summed E-state index contributed by atoms with van der Waals surface area (Å²) in [5, 5.41) is 3.71. The molecule has 132 valence electrons. The van der Waals surface area contributed by atoms with Crippen LogP contribution in [0.15, 0.2) is 27.6 Å². The summed E-state index contributed by atoms with van der Waals surface area (Å²) in [4.78, 5) is 0.0847. The zero-order valence-electron chi connectivity index (χ0n) is 14.4. The highest BCUT2D eigenvalue weighted by atomic mass is 32.2. The summed E-state index contributed by atoms with van der Waals surface area (Å²) in [6, 6.07) is 4.92. The van der Waals surface area contributed by atoms with Crippen LogP contribution in [0.1, 0.15) is 36.4 Å². The number of benzene rings is 1. The van der Waals surface area contributed by atoms with Gasteiger partial charge in [0, 0.05) is 6.04 Å². The zero-order valence-corrected chi connectivity index (χ0v) is 15.2. The molecule has 1 aromatic heterocycles. The SMILES string of the molecule is CC[C@H](NS(=O)(=O)c1c(C)noc1C)c1ccc(OC)c(OC)c1. The van der Waals surface area contributed by atoms with E-state index >= 15 is 0 Å². The summed E-state index contributed by atoms with van der Waals surface area (Å²) >= 11 is 0. The molecule has 0 aliphatic rings. The standard InChI is InChI=1S/C16H22N2O5S/c1-6-13(12-7-8-14(21-4)15(9-12)22-5)18-24(19,20)16-10(2)17-23-11(16)3/h7-9,13,18H,6H2,1-5H3/t13-/m0/s1. The third-order valence-corrected chi connectivity index (χ3v) is 5.47. The van der Waals surface area contributed by atoms with Gasteiger partial charge in [-0.3, -0.25) is 0 Å². The first-order chi connectivity index (χ1) is 11.3. The van der Waals surface area contributed by atoms with E-state index in [1.807, 2.05) is 13.0 Å². The maximum Gasteiger partial charge on any atom is 0.246 e. The number of aromatic nitrogens is 1. The highest BCUT2D eigenvalue weighted by Crippen LogP contribution is 2.32. The van der Waals surface area contributed by atoms with E-state index in [2.05, 4.69) is 9.88 Å². The molecule has 0 saturated carbocycles. The molecule has 0 amide bonds. The van der Waals surface area contributed by atoms with Crippen LogP contribution in [0, 0.1) is 13.8 Å². The molecule has 0 spiro atoms. The Morgan fingerprint density at radius 2 is 1.88 bits per heavy atom. The second-order valence-electron chi connectivity index (χ2n) is 5.35. The van der Waals surface area contributed by atoms with Crippen molar-refractivity contribution in [1.29, 1.82) is 0 Å². The number of sulfonamides is 1. The van der Waals surface area contributed by atoms with Gasteiger partial charge in [0.05, 0.1) is 14.2 Å². The van der Waals surface area contributed by atoms with E-state index in [1.54, 1.807) is 33.1 Å². The van der Waals surface area contributed by atoms with Gasteiger partial charge in [-0.15, -0.1) is 0 Å². The predicted octanol–water partition coefficient (Wildman–Crippen LogP) is 2.74. The minimum Gasteiger partial charge on any atom is -0.493 e. The molecule has 0 aliphatic heterocycles. The molecule has 0 aliphatic carbocycles. The van der Waals surface area contributed by atoms with Gasteiger partial charge >= 0.3 is 0 Å². The van der Waals surface area contributed by atoms with Crippen LogP contribution in [0.4, 0.5) is 0 Å². The summed E-state index contributed by atoms with van der Waals surface area (Å²) in [5.74, 6) is 1.40. The number of rotatable bonds is 7. The van der Waals surface area contributed by atoms with Crippen molar-refractivity contribution < 1.29 is 22.4 Å². The molecule has 0 fully saturated rings. The van der Waals surface area contributed by atoms with Crippen LogP contribution >= 0.6 is 0 Å². The molecule has 1 aromatic carbocycles. The lowest BCUT2D eigenvalue weighted by atomic mass is 10.1. The lowest BCUT2D eigenvalue weighted by Gasteiger charge is -2.19. The Morgan fingerprint density at radius 3 is 2.38 bits per heavy atom. The summed E-state index contributed by atoms with van der Waals surface area (Å²) in [5.41, 5.74) is 1.12. The van der Waals surface area contributed by atoms with Crippen LogP contribution in [-0.4, -0.2) is 27.8 Å². The first-order valence-corrected chi connectivity index (χ1v) is 8.99. The Labute approximate surface area is 142 Å². The molecule has 0 saturated heterocycles. The Morgan fingerprint density at radius 1 is 1.21 bits per heavy atom. The van der Waals surface area contributed by atoms with E-state index in [0.29, 0.717) is 23.6 Å². The highest BCUT2D eigenvalue weighted by molar-refractivity contribution is 7.89. The van der Waals surface area contributed by atoms with Crippen LogP contribution < -0.4 is 14.2 Å². The van der Waals surface area contributed by atoms with Gasteiger partial charge in [-0.1, -0.05) is 18.1 Å². The quantitative estimate of drug-likeness (QED) is 0.822. The molecule has 1 atom stereocenters. The van der Waals surface area contributed by atoms with Crippen molar-refractivity contribution in [2.24, 2.45) is 0 Å². The predicted molar refractivity (Wildman–Crippen MR) is 88.9 cm³/mol. The second kappa shape index (κ2) is 7.23. The highest BCUT2D eigenvalue weighted by Gasteiger charge is 2.27. The topological polar surface area (TPSA) is 90.7 Å². The molecular weight excluding hydrogens is 332 g/mol. The molecule has 2 rings (SSSR count). The molecular formula is C16H22N2O5S. The largest absolute Gasteiger partial charge is 0.493 e. The fourth-order valence-electron chi connectivity index (χ4n) is 2.56. The van der Waals surface area contributed by atoms with Crippen molar-refractivity contribution in [2.45, 2.75) is 38.1 Å². The first-order valence-electron chi connectivity index (χ1n) is 7.51. The van der Waals surface area contributed by atoms with E-state index in [9.17, 15) is 8.42 Å². The van der Waals surface area contributed by atoms with Crippen molar-refractivity contribution >= 4 is 10.0 Å². The van der Waals surface area contributed by atoms with Crippen LogP contribution in [0.3, 0.4) is 0 Å². The molecule has 8 heteroatoms. The Balaban J connectivity index is 2.36. The normalized spacial score (nSPS) is 12.9. The minimum atomic E-state index is -3.75. The van der Waals surface area contributed by atoms with Gasteiger partial charge in [0.15, 0.2) is 17.3 Å².